The molecule has 3 N–H and O–H groups in total. The summed E-state index contributed by atoms with van der Waals surface area (Å²) in [7, 11) is 0. The van der Waals surface area contributed by atoms with Gasteiger partial charge in [0.2, 0.25) is 0 Å². The van der Waals surface area contributed by atoms with Crippen LogP contribution in [-0.4, -0.2) is 4.98 Å². The number of hydrogen-bond acceptors (Lipinski definition) is 4. The van der Waals surface area contributed by atoms with Gasteiger partial charge in [-0.1, -0.05) is 35.6 Å². The van der Waals surface area contributed by atoms with Gasteiger partial charge in [0.15, 0.2) is 5.13 Å². The molecule has 0 saturated carbocycles. The molecule has 18 heavy (non-hydrogen) atoms. The Morgan fingerprint density at radius 1 is 1.11 bits per heavy atom. The van der Waals surface area contributed by atoms with Gasteiger partial charge in [-0.3, -0.25) is 0 Å². The zero-order valence-corrected chi connectivity index (χ0v) is 10.6. The smallest absolute Gasteiger partial charge is 0.181 e. The molecule has 0 fully saturated rings. The van der Waals surface area contributed by atoms with Gasteiger partial charge < -0.3 is 11.1 Å². The number of fused-ring (bicyclic) bond motifs is 1. The zero-order chi connectivity index (χ0) is 12.4. The summed E-state index contributed by atoms with van der Waals surface area (Å²) in [4.78, 5) is 4.25. The van der Waals surface area contributed by atoms with Crippen molar-refractivity contribution < 1.29 is 0 Å². The molecule has 0 atom stereocenters. The van der Waals surface area contributed by atoms with Crippen LogP contribution in [0.2, 0.25) is 0 Å². The molecule has 1 aromatic heterocycles. The van der Waals surface area contributed by atoms with Crippen molar-refractivity contribution in [3.8, 4) is 0 Å². The van der Waals surface area contributed by atoms with E-state index in [1.54, 1.807) is 0 Å². The molecule has 1 heterocycles. The topological polar surface area (TPSA) is 50.9 Å². The van der Waals surface area contributed by atoms with Crippen molar-refractivity contribution in [2.75, 3.05) is 11.1 Å². The van der Waals surface area contributed by atoms with Crippen LogP contribution in [0.15, 0.2) is 48.5 Å². The second kappa shape index (κ2) is 4.66. The van der Waals surface area contributed by atoms with Gasteiger partial charge in [0.1, 0.15) is 0 Å². The van der Waals surface area contributed by atoms with Crippen molar-refractivity contribution in [2.45, 2.75) is 6.54 Å². The van der Waals surface area contributed by atoms with E-state index in [0.29, 0.717) is 5.13 Å². The van der Waals surface area contributed by atoms with E-state index in [-0.39, 0.29) is 0 Å². The first-order valence-electron chi connectivity index (χ1n) is 5.75. The van der Waals surface area contributed by atoms with Gasteiger partial charge in [0.05, 0.1) is 10.2 Å². The third-order valence-electron chi connectivity index (χ3n) is 2.74. The lowest BCUT2D eigenvalue weighted by Gasteiger charge is -2.05. The molecule has 0 saturated heterocycles. The summed E-state index contributed by atoms with van der Waals surface area (Å²) < 4.78 is 1.14. The van der Waals surface area contributed by atoms with Crippen molar-refractivity contribution >= 4 is 32.4 Å². The lowest BCUT2D eigenvalue weighted by Crippen LogP contribution is -1.98. The van der Waals surface area contributed by atoms with Gasteiger partial charge in [0.25, 0.3) is 0 Å². The minimum Gasteiger partial charge on any atom is -0.381 e. The number of rotatable bonds is 3. The van der Waals surface area contributed by atoms with Crippen LogP contribution in [0.4, 0.5) is 10.8 Å². The summed E-state index contributed by atoms with van der Waals surface area (Å²) in [5.74, 6) is 0. The molecule has 0 aliphatic rings. The molecule has 0 radical (unpaired) electrons. The minimum absolute atomic E-state index is 0.623. The maximum Gasteiger partial charge on any atom is 0.181 e. The first-order chi connectivity index (χ1) is 8.81. The summed E-state index contributed by atoms with van der Waals surface area (Å²) in [6.45, 7) is 0.803. The van der Waals surface area contributed by atoms with Crippen molar-refractivity contribution in [3.05, 3.63) is 54.1 Å². The summed E-state index contributed by atoms with van der Waals surface area (Å²) >= 11 is 1.53. The molecule has 0 bridgehead atoms. The van der Waals surface area contributed by atoms with Gasteiger partial charge >= 0.3 is 0 Å². The molecule has 0 aliphatic heterocycles. The number of benzene rings is 2. The standard InChI is InChI=1S/C14H13N3S/c15-14-17-12-7-6-10(8-13(12)18-14)9-16-11-4-2-1-3-5-11/h1-8,16H,9H2,(H2,15,17). The largest absolute Gasteiger partial charge is 0.381 e. The van der Waals surface area contributed by atoms with E-state index in [4.69, 9.17) is 5.73 Å². The fourth-order valence-corrected chi connectivity index (χ4v) is 2.65. The van der Waals surface area contributed by atoms with E-state index >= 15 is 0 Å². The third kappa shape index (κ3) is 2.28. The van der Waals surface area contributed by atoms with E-state index in [1.165, 1.54) is 16.9 Å². The molecule has 2 aromatic carbocycles. The molecule has 3 rings (SSSR count). The number of thiazole rings is 1. The SMILES string of the molecule is Nc1nc2ccc(CNc3ccccc3)cc2s1. The summed E-state index contributed by atoms with van der Waals surface area (Å²) in [5, 5.41) is 4.01. The van der Waals surface area contributed by atoms with E-state index in [1.807, 2.05) is 24.3 Å². The normalized spacial score (nSPS) is 10.7. The van der Waals surface area contributed by atoms with Crippen molar-refractivity contribution in [1.29, 1.82) is 0 Å². The van der Waals surface area contributed by atoms with Crippen LogP contribution < -0.4 is 11.1 Å². The first kappa shape index (κ1) is 11.0. The van der Waals surface area contributed by atoms with Crippen LogP contribution in [0.3, 0.4) is 0 Å². The lowest BCUT2D eigenvalue weighted by molar-refractivity contribution is 1.16. The number of nitrogens with one attached hydrogen (secondary N) is 1. The van der Waals surface area contributed by atoms with Gasteiger partial charge in [-0.05, 0) is 29.8 Å². The number of aromatic nitrogens is 1. The molecule has 0 spiro atoms. The monoisotopic (exact) mass is 255 g/mol. The number of para-hydroxylation sites is 1. The van der Waals surface area contributed by atoms with Gasteiger partial charge in [-0.2, -0.15) is 0 Å². The lowest BCUT2D eigenvalue weighted by atomic mass is 10.2. The predicted octanol–water partition coefficient (Wildman–Crippen LogP) is 3.49. The average molecular weight is 255 g/mol. The zero-order valence-electron chi connectivity index (χ0n) is 9.76. The Morgan fingerprint density at radius 3 is 2.78 bits per heavy atom. The highest BCUT2D eigenvalue weighted by atomic mass is 32.1. The molecule has 3 nitrogen and oxygen atoms in total. The van der Waals surface area contributed by atoms with E-state index in [2.05, 4.69) is 34.6 Å². The highest BCUT2D eigenvalue weighted by Crippen LogP contribution is 2.24. The molecule has 0 aliphatic carbocycles. The summed E-state index contributed by atoms with van der Waals surface area (Å²) in [6, 6.07) is 16.4. The maximum absolute atomic E-state index is 5.70. The Balaban J connectivity index is 1.78. The van der Waals surface area contributed by atoms with Crippen molar-refractivity contribution in [1.82, 2.24) is 4.98 Å². The fourth-order valence-electron chi connectivity index (χ4n) is 1.86. The Morgan fingerprint density at radius 2 is 1.94 bits per heavy atom. The molecule has 0 unspecified atom stereocenters. The number of nitrogens with two attached hydrogens (primary N) is 1. The number of anilines is 2. The van der Waals surface area contributed by atoms with E-state index < -0.39 is 0 Å². The quantitative estimate of drug-likeness (QED) is 0.753. The van der Waals surface area contributed by atoms with Crippen LogP contribution in [-0.2, 0) is 6.54 Å². The molecule has 0 amide bonds. The number of nitrogen functional groups attached to an aromatic ring is 1. The van der Waals surface area contributed by atoms with E-state index in [0.717, 1.165) is 22.4 Å². The Bertz CT molecular complexity index is 661. The Hall–Kier alpha value is -2.07. The van der Waals surface area contributed by atoms with Crippen molar-refractivity contribution in [3.63, 3.8) is 0 Å². The van der Waals surface area contributed by atoms with E-state index in [9.17, 15) is 0 Å². The van der Waals surface area contributed by atoms with Crippen LogP contribution in [0.25, 0.3) is 10.2 Å². The molecule has 3 aromatic rings. The minimum atomic E-state index is 0.623. The second-order valence-corrected chi connectivity index (χ2v) is 5.14. The third-order valence-corrected chi connectivity index (χ3v) is 3.59. The van der Waals surface area contributed by atoms with Crippen LogP contribution in [0.1, 0.15) is 5.56 Å². The van der Waals surface area contributed by atoms with Crippen LogP contribution >= 0.6 is 11.3 Å². The van der Waals surface area contributed by atoms with Crippen molar-refractivity contribution in [2.24, 2.45) is 0 Å². The number of hydrogen-bond donors (Lipinski definition) is 2. The van der Waals surface area contributed by atoms with Gasteiger partial charge in [0, 0.05) is 12.2 Å². The van der Waals surface area contributed by atoms with Crippen LogP contribution in [0, 0.1) is 0 Å². The summed E-state index contributed by atoms with van der Waals surface area (Å²) in [6.07, 6.45) is 0. The average Bonchev–Trinajstić information content (AvgIpc) is 2.77. The van der Waals surface area contributed by atoms with Crippen LogP contribution in [0.5, 0.6) is 0 Å². The van der Waals surface area contributed by atoms with Gasteiger partial charge in [-0.25, -0.2) is 4.98 Å². The molecule has 90 valence electrons. The molecular weight excluding hydrogens is 242 g/mol. The number of nitrogens with zero attached hydrogens (tertiary/aromatic N) is 1. The maximum atomic E-state index is 5.70. The highest BCUT2D eigenvalue weighted by molar-refractivity contribution is 7.22. The van der Waals surface area contributed by atoms with Gasteiger partial charge in [-0.15, -0.1) is 0 Å². The highest BCUT2D eigenvalue weighted by Gasteiger charge is 2.02. The predicted molar refractivity (Wildman–Crippen MR) is 77.8 cm³/mol. The molecular formula is C14H13N3S. The first-order valence-corrected chi connectivity index (χ1v) is 6.57. The Labute approximate surface area is 109 Å². The fraction of sp³-hybridized carbons (Fsp3) is 0.0714. The Kier molecular flexibility index (Phi) is 2.86. The summed E-state index contributed by atoms with van der Waals surface area (Å²) in [5.41, 5.74) is 9.03. The second-order valence-electron chi connectivity index (χ2n) is 4.07. The molecule has 4 heteroatoms.